The third kappa shape index (κ3) is 3.51. The Morgan fingerprint density at radius 2 is 1.87 bits per heavy atom. The molecule has 0 radical (unpaired) electrons. The van der Waals surface area contributed by atoms with E-state index in [9.17, 15) is 17.6 Å². The van der Waals surface area contributed by atoms with Crippen LogP contribution in [0.3, 0.4) is 0 Å². The molecule has 0 spiro atoms. The molecule has 1 aromatic carbocycles. The smallest absolute Gasteiger partial charge is 0.328 e. The Balaban J connectivity index is 3.06. The molecule has 0 saturated carbocycles. The summed E-state index contributed by atoms with van der Waals surface area (Å²) >= 11 is 0. The molecular weight excluding hydrogens is 210 g/mol. The van der Waals surface area contributed by atoms with Crippen molar-refractivity contribution >= 4 is 0 Å². The van der Waals surface area contributed by atoms with Gasteiger partial charge in [-0.05, 0) is 37.1 Å². The number of alkyl halides is 3. The summed E-state index contributed by atoms with van der Waals surface area (Å²) in [5.74, 6) is -0.888. The Kier molecular flexibility index (Phi) is 3.34. The first-order chi connectivity index (χ1) is 6.79. The molecule has 0 aliphatic carbocycles. The van der Waals surface area contributed by atoms with Gasteiger partial charge in [0.1, 0.15) is 5.82 Å². The van der Waals surface area contributed by atoms with Crippen LogP contribution in [0.1, 0.15) is 18.1 Å². The molecule has 0 fully saturated rings. The van der Waals surface area contributed by atoms with E-state index >= 15 is 0 Å². The van der Waals surface area contributed by atoms with Crippen LogP contribution in [0.4, 0.5) is 17.6 Å². The first kappa shape index (κ1) is 12.0. The van der Waals surface area contributed by atoms with Crippen molar-refractivity contribution in [3.8, 4) is 0 Å². The van der Waals surface area contributed by atoms with Crippen LogP contribution in [0.15, 0.2) is 18.2 Å². The van der Waals surface area contributed by atoms with Crippen molar-refractivity contribution in [1.82, 2.24) is 0 Å². The molecule has 0 unspecified atom stereocenters. The van der Waals surface area contributed by atoms with E-state index in [1.54, 1.807) is 6.92 Å². The number of halogens is 4. The second-order valence-electron chi connectivity index (χ2n) is 3.53. The fraction of sp³-hybridized carbons (Fsp3) is 0.400. The third-order valence-corrected chi connectivity index (χ3v) is 1.84. The van der Waals surface area contributed by atoms with Crippen LogP contribution in [0, 0.1) is 5.82 Å². The van der Waals surface area contributed by atoms with Gasteiger partial charge in [0.2, 0.25) is 0 Å². The minimum absolute atomic E-state index is 0.223. The summed E-state index contributed by atoms with van der Waals surface area (Å²) in [5.41, 5.74) is 4.72. The molecule has 1 nitrogen and oxygen atoms in total. The van der Waals surface area contributed by atoms with Gasteiger partial charge >= 0.3 is 6.18 Å². The zero-order chi connectivity index (χ0) is 11.6. The molecule has 0 aliphatic rings. The Morgan fingerprint density at radius 1 is 1.27 bits per heavy atom. The Bertz CT molecular complexity index is 344. The van der Waals surface area contributed by atoms with Gasteiger partial charge in [0.15, 0.2) is 0 Å². The van der Waals surface area contributed by atoms with Crippen molar-refractivity contribution in [3.63, 3.8) is 0 Å². The monoisotopic (exact) mass is 221 g/mol. The predicted molar refractivity (Wildman–Crippen MR) is 48.8 cm³/mol. The summed E-state index contributed by atoms with van der Waals surface area (Å²) in [7, 11) is 0. The van der Waals surface area contributed by atoms with E-state index in [0.717, 1.165) is 12.1 Å². The van der Waals surface area contributed by atoms with E-state index < -0.39 is 17.6 Å². The molecule has 0 amide bonds. The fourth-order valence-electron chi connectivity index (χ4n) is 1.30. The van der Waals surface area contributed by atoms with Crippen LogP contribution >= 0.6 is 0 Å². The molecule has 84 valence electrons. The van der Waals surface area contributed by atoms with Crippen molar-refractivity contribution in [2.24, 2.45) is 5.73 Å². The van der Waals surface area contributed by atoms with Gasteiger partial charge < -0.3 is 5.73 Å². The average molecular weight is 221 g/mol. The fourth-order valence-corrected chi connectivity index (χ4v) is 1.30. The van der Waals surface area contributed by atoms with E-state index in [2.05, 4.69) is 0 Å². The van der Waals surface area contributed by atoms with Crippen LogP contribution in [0.5, 0.6) is 0 Å². The Hall–Kier alpha value is -1.10. The molecule has 1 rings (SSSR count). The third-order valence-electron chi connectivity index (χ3n) is 1.84. The molecule has 15 heavy (non-hydrogen) atoms. The van der Waals surface area contributed by atoms with Crippen molar-refractivity contribution < 1.29 is 17.6 Å². The normalized spacial score (nSPS) is 14.0. The molecule has 0 bridgehead atoms. The standard InChI is InChI=1S/C10H11F4N/c1-6(15)2-7-3-8(10(12,13)14)5-9(11)4-7/h3-6H,2,15H2,1H3/t6-/m0/s1. The second kappa shape index (κ2) is 4.18. The van der Waals surface area contributed by atoms with E-state index in [0.29, 0.717) is 6.07 Å². The van der Waals surface area contributed by atoms with Gasteiger partial charge in [-0.15, -0.1) is 0 Å². The quantitative estimate of drug-likeness (QED) is 0.763. The molecule has 0 heterocycles. The average Bonchev–Trinajstić information content (AvgIpc) is 1.99. The lowest BCUT2D eigenvalue weighted by Gasteiger charge is -2.10. The molecule has 2 N–H and O–H groups in total. The second-order valence-corrected chi connectivity index (χ2v) is 3.53. The summed E-state index contributed by atoms with van der Waals surface area (Å²) in [5, 5.41) is 0. The zero-order valence-electron chi connectivity index (χ0n) is 8.11. The first-order valence-electron chi connectivity index (χ1n) is 4.41. The van der Waals surface area contributed by atoms with E-state index in [-0.39, 0.29) is 18.0 Å². The summed E-state index contributed by atoms with van der Waals surface area (Å²) in [4.78, 5) is 0. The van der Waals surface area contributed by atoms with Gasteiger partial charge in [0.05, 0.1) is 5.56 Å². The lowest BCUT2D eigenvalue weighted by Crippen LogP contribution is -2.18. The first-order valence-corrected chi connectivity index (χ1v) is 4.41. The van der Waals surface area contributed by atoms with E-state index in [4.69, 9.17) is 5.73 Å². The van der Waals surface area contributed by atoms with Gasteiger partial charge in [0.25, 0.3) is 0 Å². The Morgan fingerprint density at radius 3 is 2.33 bits per heavy atom. The minimum atomic E-state index is -4.52. The SMILES string of the molecule is C[C@H](N)Cc1cc(F)cc(C(F)(F)F)c1. The van der Waals surface area contributed by atoms with Crippen LogP contribution in [-0.4, -0.2) is 6.04 Å². The maximum Gasteiger partial charge on any atom is 0.416 e. The van der Waals surface area contributed by atoms with Gasteiger partial charge in [0, 0.05) is 6.04 Å². The van der Waals surface area contributed by atoms with Crippen molar-refractivity contribution in [3.05, 3.63) is 35.1 Å². The van der Waals surface area contributed by atoms with Crippen LogP contribution < -0.4 is 5.73 Å². The number of hydrogen-bond acceptors (Lipinski definition) is 1. The highest BCUT2D eigenvalue weighted by molar-refractivity contribution is 5.27. The molecular formula is C10H11F4N. The van der Waals surface area contributed by atoms with Gasteiger partial charge in [-0.1, -0.05) is 0 Å². The van der Waals surface area contributed by atoms with Gasteiger partial charge in [-0.25, -0.2) is 4.39 Å². The number of hydrogen-bond donors (Lipinski definition) is 1. The predicted octanol–water partition coefficient (Wildman–Crippen LogP) is 2.73. The van der Waals surface area contributed by atoms with Crippen LogP contribution in [-0.2, 0) is 12.6 Å². The molecule has 1 atom stereocenters. The zero-order valence-corrected chi connectivity index (χ0v) is 8.11. The van der Waals surface area contributed by atoms with Crippen molar-refractivity contribution in [2.75, 3.05) is 0 Å². The largest absolute Gasteiger partial charge is 0.416 e. The lowest BCUT2D eigenvalue weighted by atomic mass is 10.0. The maximum atomic E-state index is 12.9. The molecule has 1 aromatic rings. The van der Waals surface area contributed by atoms with Crippen LogP contribution in [0.2, 0.25) is 0 Å². The van der Waals surface area contributed by atoms with E-state index in [1.165, 1.54) is 0 Å². The van der Waals surface area contributed by atoms with Crippen molar-refractivity contribution in [1.29, 1.82) is 0 Å². The molecule has 0 saturated heterocycles. The highest BCUT2D eigenvalue weighted by Crippen LogP contribution is 2.30. The molecule has 0 aliphatic heterocycles. The molecule has 5 heteroatoms. The number of nitrogens with two attached hydrogens (primary N) is 1. The topological polar surface area (TPSA) is 26.0 Å². The minimum Gasteiger partial charge on any atom is -0.328 e. The van der Waals surface area contributed by atoms with Gasteiger partial charge in [-0.3, -0.25) is 0 Å². The van der Waals surface area contributed by atoms with Crippen LogP contribution in [0.25, 0.3) is 0 Å². The van der Waals surface area contributed by atoms with E-state index in [1.807, 2.05) is 0 Å². The number of rotatable bonds is 2. The number of benzene rings is 1. The lowest BCUT2D eigenvalue weighted by molar-refractivity contribution is -0.137. The maximum absolute atomic E-state index is 12.9. The highest BCUT2D eigenvalue weighted by Gasteiger charge is 2.31. The van der Waals surface area contributed by atoms with Crippen molar-refractivity contribution in [2.45, 2.75) is 25.6 Å². The highest BCUT2D eigenvalue weighted by atomic mass is 19.4. The summed E-state index contributed by atoms with van der Waals surface area (Å²) < 4.78 is 49.7. The van der Waals surface area contributed by atoms with Gasteiger partial charge in [-0.2, -0.15) is 13.2 Å². The summed E-state index contributed by atoms with van der Waals surface area (Å²) in [6, 6.07) is 2.17. The summed E-state index contributed by atoms with van der Waals surface area (Å²) in [6.07, 6.45) is -4.30. The summed E-state index contributed by atoms with van der Waals surface area (Å²) in [6.45, 7) is 1.65. The molecule has 0 aromatic heterocycles. The Labute approximate surface area is 84.9 Å².